The highest BCUT2D eigenvalue weighted by Gasteiger charge is 1.96. The molecule has 0 aromatic heterocycles. The van der Waals surface area contributed by atoms with E-state index in [4.69, 9.17) is 0 Å². The van der Waals surface area contributed by atoms with Crippen molar-refractivity contribution in [3.05, 3.63) is 0 Å². The van der Waals surface area contributed by atoms with E-state index in [0.717, 1.165) is 0 Å². The third kappa shape index (κ3) is 28.9. The molecule has 0 aliphatic carbocycles. The van der Waals surface area contributed by atoms with Gasteiger partial charge < -0.3 is 0 Å². The van der Waals surface area contributed by atoms with Crippen molar-refractivity contribution in [2.24, 2.45) is 0 Å². The maximum absolute atomic E-state index is 2.31. The lowest BCUT2D eigenvalue weighted by molar-refractivity contribution is 0.563. The second-order valence-corrected chi connectivity index (χ2v) is 12.6. The molecule has 0 rings (SSSR count). The predicted octanol–water partition coefficient (Wildman–Crippen LogP) is 11.0. The molecule has 2 heteroatoms. The molecule has 0 saturated heterocycles. The zero-order chi connectivity index (χ0) is 21.8. The SMILES string of the molecule is CCCCCCCCCCCCPCCCCPCCCCCCCCCCCC. The molecular weight excluding hydrogens is 398 g/mol. The lowest BCUT2D eigenvalue weighted by atomic mass is 10.1. The van der Waals surface area contributed by atoms with E-state index in [1.54, 1.807) is 0 Å². The molecule has 0 amide bonds. The Morgan fingerprint density at radius 2 is 0.467 bits per heavy atom. The van der Waals surface area contributed by atoms with Crippen molar-refractivity contribution >= 4 is 17.2 Å². The summed E-state index contributed by atoms with van der Waals surface area (Å²) in [5.41, 5.74) is 0. The van der Waals surface area contributed by atoms with Crippen molar-refractivity contribution in [2.45, 2.75) is 155 Å². The Morgan fingerprint density at radius 3 is 0.733 bits per heavy atom. The molecule has 0 aliphatic rings. The van der Waals surface area contributed by atoms with Gasteiger partial charge in [0, 0.05) is 0 Å². The van der Waals surface area contributed by atoms with E-state index in [2.05, 4.69) is 13.8 Å². The third-order valence-electron chi connectivity index (χ3n) is 6.37. The van der Waals surface area contributed by atoms with Crippen molar-refractivity contribution in [3.8, 4) is 0 Å². The van der Waals surface area contributed by atoms with E-state index in [0.29, 0.717) is 0 Å². The van der Waals surface area contributed by atoms with Crippen LogP contribution in [-0.4, -0.2) is 24.6 Å². The zero-order valence-corrected chi connectivity index (χ0v) is 23.4. The van der Waals surface area contributed by atoms with Crippen molar-refractivity contribution in [2.75, 3.05) is 24.6 Å². The van der Waals surface area contributed by atoms with Crippen LogP contribution in [0.15, 0.2) is 0 Å². The minimum absolute atomic E-state index is 1.26. The highest BCUT2D eigenvalue weighted by molar-refractivity contribution is 7.38. The topological polar surface area (TPSA) is 0 Å². The Morgan fingerprint density at radius 1 is 0.267 bits per heavy atom. The number of hydrogen-bond donors (Lipinski definition) is 0. The van der Waals surface area contributed by atoms with E-state index < -0.39 is 0 Å². The molecule has 2 unspecified atom stereocenters. The van der Waals surface area contributed by atoms with Gasteiger partial charge in [-0.15, -0.1) is 17.2 Å². The molecule has 0 saturated carbocycles. The quantitative estimate of drug-likeness (QED) is 0.0848. The Hall–Kier alpha value is 0.860. The van der Waals surface area contributed by atoms with Crippen molar-refractivity contribution in [1.82, 2.24) is 0 Å². The molecular formula is C28H60P2. The van der Waals surface area contributed by atoms with Gasteiger partial charge in [-0.3, -0.25) is 0 Å². The summed E-state index contributed by atoms with van der Waals surface area (Å²) >= 11 is 0. The molecule has 0 bridgehead atoms. The van der Waals surface area contributed by atoms with E-state index in [9.17, 15) is 0 Å². The molecule has 0 radical (unpaired) electrons. The van der Waals surface area contributed by atoms with Gasteiger partial charge in [0.05, 0.1) is 0 Å². The van der Waals surface area contributed by atoms with E-state index in [1.807, 2.05) is 0 Å². The van der Waals surface area contributed by atoms with Gasteiger partial charge in [0.15, 0.2) is 0 Å². The van der Waals surface area contributed by atoms with Crippen LogP contribution in [-0.2, 0) is 0 Å². The van der Waals surface area contributed by atoms with Gasteiger partial charge in [-0.05, 0) is 50.3 Å². The first-order valence-electron chi connectivity index (χ1n) is 14.3. The minimum Gasteiger partial charge on any atom is -0.122 e. The van der Waals surface area contributed by atoms with Crippen LogP contribution in [0.3, 0.4) is 0 Å². The second kappa shape index (κ2) is 29.9. The van der Waals surface area contributed by atoms with E-state index in [-0.39, 0.29) is 0 Å². The van der Waals surface area contributed by atoms with Crippen LogP contribution in [0.4, 0.5) is 0 Å². The normalized spacial score (nSPS) is 12.2. The van der Waals surface area contributed by atoms with Gasteiger partial charge in [0.25, 0.3) is 0 Å². The van der Waals surface area contributed by atoms with Crippen LogP contribution in [0, 0.1) is 0 Å². The zero-order valence-electron chi connectivity index (χ0n) is 21.4. The fourth-order valence-corrected chi connectivity index (χ4v) is 6.72. The van der Waals surface area contributed by atoms with Gasteiger partial charge in [0.1, 0.15) is 0 Å². The second-order valence-electron chi connectivity index (χ2n) is 9.57. The van der Waals surface area contributed by atoms with E-state index in [1.165, 1.54) is 183 Å². The first kappa shape index (κ1) is 30.9. The molecule has 0 spiro atoms. The Labute approximate surface area is 196 Å². The van der Waals surface area contributed by atoms with Crippen molar-refractivity contribution in [3.63, 3.8) is 0 Å². The molecule has 0 fully saturated rings. The predicted molar refractivity (Wildman–Crippen MR) is 149 cm³/mol. The lowest BCUT2D eigenvalue weighted by Crippen LogP contribution is -1.87. The molecule has 0 aliphatic heterocycles. The highest BCUT2D eigenvalue weighted by Crippen LogP contribution is 2.21. The van der Waals surface area contributed by atoms with Gasteiger partial charge in [-0.1, -0.05) is 129 Å². The van der Waals surface area contributed by atoms with Crippen LogP contribution in [0.1, 0.15) is 155 Å². The molecule has 0 N–H and O–H groups in total. The van der Waals surface area contributed by atoms with Gasteiger partial charge in [-0.25, -0.2) is 0 Å². The number of rotatable bonds is 27. The van der Waals surface area contributed by atoms with Crippen LogP contribution in [0.25, 0.3) is 0 Å². The summed E-state index contributed by atoms with van der Waals surface area (Å²) in [6.45, 7) is 4.61. The Kier molecular flexibility index (Phi) is 30.7. The summed E-state index contributed by atoms with van der Waals surface area (Å²) < 4.78 is 0. The number of hydrogen-bond acceptors (Lipinski definition) is 0. The molecule has 0 heterocycles. The lowest BCUT2D eigenvalue weighted by Gasteiger charge is -2.05. The van der Waals surface area contributed by atoms with Gasteiger partial charge in [0.2, 0.25) is 0 Å². The monoisotopic (exact) mass is 458 g/mol. The van der Waals surface area contributed by atoms with Crippen LogP contribution in [0.2, 0.25) is 0 Å². The minimum atomic E-state index is 1.26. The maximum Gasteiger partial charge on any atom is -0.0353 e. The summed E-state index contributed by atoms with van der Waals surface area (Å²) in [4.78, 5) is 0. The first-order valence-corrected chi connectivity index (χ1v) is 17.2. The van der Waals surface area contributed by atoms with Crippen LogP contribution in [0.5, 0.6) is 0 Å². The molecule has 2 atom stereocenters. The maximum atomic E-state index is 2.31. The fraction of sp³-hybridized carbons (Fsp3) is 1.00. The Balaban J connectivity index is 2.97. The van der Waals surface area contributed by atoms with Gasteiger partial charge in [-0.2, -0.15) is 0 Å². The number of unbranched alkanes of at least 4 members (excludes halogenated alkanes) is 19. The summed E-state index contributed by atoms with van der Waals surface area (Å²) in [5.74, 6) is 0. The standard InChI is InChI=1S/C28H60P2/c1-3-5-7-9-11-13-15-17-19-21-25-29-27-23-24-28-30-26-22-20-18-16-14-12-10-8-6-4-2/h29-30H,3-28H2,1-2H3. The largest absolute Gasteiger partial charge is 0.122 e. The fourth-order valence-electron chi connectivity index (χ4n) is 4.22. The van der Waals surface area contributed by atoms with Crippen molar-refractivity contribution in [1.29, 1.82) is 0 Å². The highest BCUT2D eigenvalue weighted by atomic mass is 31.1. The molecule has 0 aromatic carbocycles. The molecule has 0 nitrogen and oxygen atoms in total. The smallest absolute Gasteiger partial charge is 0.0353 e. The van der Waals surface area contributed by atoms with Crippen LogP contribution < -0.4 is 0 Å². The van der Waals surface area contributed by atoms with E-state index >= 15 is 0 Å². The average Bonchev–Trinajstić information content (AvgIpc) is 2.76. The first-order chi connectivity index (χ1) is 14.9. The third-order valence-corrected chi connectivity index (χ3v) is 9.20. The molecule has 0 aromatic rings. The average molecular weight is 459 g/mol. The Bertz CT molecular complexity index is 252. The summed E-state index contributed by atoms with van der Waals surface area (Å²) in [7, 11) is 2.52. The summed E-state index contributed by atoms with van der Waals surface area (Å²) in [6, 6.07) is 0. The van der Waals surface area contributed by atoms with Crippen LogP contribution >= 0.6 is 17.2 Å². The molecule has 30 heavy (non-hydrogen) atoms. The summed E-state index contributed by atoms with van der Waals surface area (Å²) in [6.07, 6.45) is 38.6. The van der Waals surface area contributed by atoms with Gasteiger partial charge >= 0.3 is 0 Å². The molecule has 182 valence electrons. The summed E-state index contributed by atoms with van der Waals surface area (Å²) in [5, 5.41) is 0. The van der Waals surface area contributed by atoms with Crippen molar-refractivity contribution < 1.29 is 0 Å².